The van der Waals surface area contributed by atoms with Crippen molar-refractivity contribution in [2.45, 2.75) is 6.92 Å². The molecule has 3 N–H and O–H groups in total. The quantitative estimate of drug-likeness (QED) is 0.634. The first-order valence-electron chi connectivity index (χ1n) is 4.72. The number of benzene rings is 1. The van der Waals surface area contributed by atoms with E-state index in [0.29, 0.717) is 0 Å². The minimum Gasteiger partial charge on any atom is -0.330 e. The summed E-state index contributed by atoms with van der Waals surface area (Å²) in [6, 6.07) is 0.0622. The smallest absolute Gasteiger partial charge is 0.228 e. The number of carbonyl (C=O) groups excluding carboxylic acids is 1. The molecule has 7 heteroatoms. The van der Waals surface area contributed by atoms with Gasteiger partial charge in [-0.15, -0.1) is 0 Å². The van der Waals surface area contributed by atoms with E-state index in [0.717, 1.165) is 0 Å². The molecule has 0 aromatic heterocycles. The van der Waals surface area contributed by atoms with Crippen molar-refractivity contribution in [2.75, 3.05) is 11.9 Å². The molecule has 0 aliphatic heterocycles. The Hall–Kier alpha value is -1.63. The van der Waals surface area contributed by atoms with Gasteiger partial charge in [0.2, 0.25) is 5.91 Å². The van der Waals surface area contributed by atoms with Crippen LogP contribution in [0.5, 0.6) is 0 Å². The second-order valence-corrected chi connectivity index (χ2v) is 3.47. The van der Waals surface area contributed by atoms with Crippen molar-refractivity contribution in [1.82, 2.24) is 0 Å². The van der Waals surface area contributed by atoms with Crippen LogP contribution in [0, 0.1) is 29.2 Å². The summed E-state index contributed by atoms with van der Waals surface area (Å²) in [6.45, 7) is 1.34. The number of carbonyl (C=O) groups is 1. The highest BCUT2D eigenvalue weighted by atomic mass is 19.2. The maximum Gasteiger partial charge on any atom is 0.228 e. The van der Waals surface area contributed by atoms with Crippen molar-refractivity contribution in [2.24, 2.45) is 11.7 Å². The van der Waals surface area contributed by atoms with Crippen LogP contribution < -0.4 is 11.1 Å². The van der Waals surface area contributed by atoms with Gasteiger partial charge in [-0.3, -0.25) is 4.79 Å². The molecule has 0 heterocycles. The van der Waals surface area contributed by atoms with Gasteiger partial charge in [-0.05, 0) is 0 Å². The van der Waals surface area contributed by atoms with Gasteiger partial charge < -0.3 is 11.1 Å². The molecule has 1 atom stereocenters. The number of hydrogen-bond acceptors (Lipinski definition) is 2. The number of amides is 1. The van der Waals surface area contributed by atoms with Gasteiger partial charge in [0.05, 0.1) is 0 Å². The third-order valence-electron chi connectivity index (χ3n) is 2.16. The number of halogens is 4. The van der Waals surface area contributed by atoms with Crippen LogP contribution in [0.4, 0.5) is 23.2 Å². The Labute approximate surface area is 94.6 Å². The van der Waals surface area contributed by atoms with Crippen LogP contribution in [0.2, 0.25) is 0 Å². The zero-order valence-electron chi connectivity index (χ0n) is 8.86. The van der Waals surface area contributed by atoms with Crippen LogP contribution >= 0.6 is 0 Å². The number of anilines is 1. The van der Waals surface area contributed by atoms with Crippen molar-refractivity contribution in [3.05, 3.63) is 29.3 Å². The van der Waals surface area contributed by atoms with Crippen LogP contribution in [0.1, 0.15) is 6.92 Å². The van der Waals surface area contributed by atoms with Crippen molar-refractivity contribution in [1.29, 1.82) is 0 Å². The summed E-state index contributed by atoms with van der Waals surface area (Å²) < 4.78 is 51.9. The number of nitrogens with one attached hydrogen (secondary N) is 1. The third-order valence-corrected chi connectivity index (χ3v) is 2.16. The monoisotopic (exact) mass is 250 g/mol. The van der Waals surface area contributed by atoms with E-state index >= 15 is 0 Å². The van der Waals surface area contributed by atoms with E-state index in [1.165, 1.54) is 6.92 Å². The minimum absolute atomic E-state index is 0.0622. The highest BCUT2D eigenvalue weighted by Gasteiger charge is 2.22. The van der Waals surface area contributed by atoms with Crippen LogP contribution in [0.3, 0.4) is 0 Å². The Morgan fingerprint density at radius 3 is 2.18 bits per heavy atom. The fourth-order valence-electron chi connectivity index (χ4n) is 1.04. The first-order valence-corrected chi connectivity index (χ1v) is 4.72. The van der Waals surface area contributed by atoms with E-state index in [9.17, 15) is 22.4 Å². The molecule has 0 saturated heterocycles. The molecule has 0 spiro atoms. The molecule has 17 heavy (non-hydrogen) atoms. The largest absolute Gasteiger partial charge is 0.330 e. The molecule has 1 rings (SSSR count). The molecule has 1 aromatic rings. The first-order chi connectivity index (χ1) is 7.88. The Morgan fingerprint density at radius 2 is 1.76 bits per heavy atom. The topological polar surface area (TPSA) is 55.1 Å². The highest BCUT2D eigenvalue weighted by Crippen LogP contribution is 2.24. The molecule has 94 valence electrons. The van der Waals surface area contributed by atoms with Gasteiger partial charge in [0.15, 0.2) is 23.3 Å². The lowest BCUT2D eigenvalue weighted by molar-refractivity contribution is -0.119. The van der Waals surface area contributed by atoms with Crippen molar-refractivity contribution < 1.29 is 22.4 Å². The lowest BCUT2D eigenvalue weighted by atomic mass is 10.1. The van der Waals surface area contributed by atoms with E-state index in [1.807, 2.05) is 0 Å². The number of rotatable bonds is 3. The van der Waals surface area contributed by atoms with Gasteiger partial charge in [-0.2, -0.15) is 0 Å². The van der Waals surface area contributed by atoms with Gasteiger partial charge in [0, 0.05) is 18.5 Å². The third kappa shape index (κ3) is 2.73. The van der Waals surface area contributed by atoms with Gasteiger partial charge in [0.25, 0.3) is 0 Å². The van der Waals surface area contributed by atoms with Gasteiger partial charge >= 0.3 is 0 Å². The number of nitrogens with two attached hydrogens (primary N) is 1. The van der Waals surface area contributed by atoms with Crippen molar-refractivity contribution in [3.63, 3.8) is 0 Å². The summed E-state index contributed by atoms with van der Waals surface area (Å²) in [5.74, 6) is -8.03. The summed E-state index contributed by atoms with van der Waals surface area (Å²) in [7, 11) is 0. The predicted molar refractivity (Wildman–Crippen MR) is 53.1 cm³/mol. The fourth-order valence-corrected chi connectivity index (χ4v) is 1.04. The fraction of sp³-hybridized carbons (Fsp3) is 0.300. The minimum atomic E-state index is -1.65. The van der Waals surface area contributed by atoms with Crippen LogP contribution in [-0.2, 0) is 4.79 Å². The molecule has 0 radical (unpaired) electrons. The number of hydrogen-bond donors (Lipinski definition) is 2. The van der Waals surface area contributed by atoms with Gasteiger partial charge in [0.1, 0.15) is 5.69 Å². The van der Waals surface area contributed by atoms with E-state index in [4.69, 9.17) is 5.73 Å². The first kappa shape index (κ1) is 13.4. The lowest BCUT2D eigenvalue weighted by Crippen LogP contribution is -2.27. The molecule has 0 aliphatic rings. The molecule has 0 saturated carbocycles. The van der Waals surface area contributed by atoms with Crippen LogP contribution in [0.25, 0.3) is 0 Å². The van der Waals surface area contributed by atoms with Gasteiger partial charge in [-0.1, -0.05) is 6.92 Å². The molecule has 3 nitrogen and oxygen atoms in total. The summed E-state index contributed by atoms with van der Waals surface area (Å²) in [4.78, 5) is 11.3. The van der Waals surface area contributed by atoms with Crippen LogP contribution in [0.15, 0.2) is 6.07 Å². The van der Waals surface area contributed by atoms with E-state index in [2.05, 4.69) is 0 Å². The summed E-state index contributed by atoms with van der Waals surface area (Å²) in [5.41, 5.74) is 4.02. The molecule has 1 amide bonds. The Balaban J connectivity index is 3.10. The maximum absolute atomic E-state index is 13.1. The Bertz CT molecular complexity index is 424. The molecular weight excluding hydrogens is 240 g/mol. The second kappa shape index (κ2) is 5.13. The average molecular weight is 250 g/mol. The molecule has 0 fully saturated rings. The summed E-state index contributed by atoms with van der Waals surface area (Å²) in [5, 5.41) is 1.76. The SMILES string of the molecule is CC(CN)C(=O)Nc1c(F)c(F)cc(F)c1F. The molecule has 1 unspecified atom stereocenters. The zero-order valence-corrected chi connectivity index (χ0v) is 8.86. The standard InChI is InChI=1S/C10H10F4N2O/c1-4(3-15)10(17)16-9-7(13)5(11)2-6(12)8(9)14/h2,4H,3,15H2,1H3,(H,16,17). The van der Waals surface area contributed by atoms with Crippen molar-refractivity contribution >= 4 is 11.6 Å². The van der Waals surface area contributed by atoms with E-state index < -0.39 is 40.8 Å². The van der Waals surface area contributed by atoms with E-state index in [-0.39, 0.29) is 12.6 Å². The predicted octanol–water partition coefficient (Wildman–Crippen LogP) is 1.78. The van der Waals surface area contributed by atoms with E-state index in [1.54, 1.807) is 5.32 Å². The highest BCUT2D eigenvalue weighted by molar-refractivity contribution is 5.92. The maximum atomic E-state index is 13.1. The summed E-state index contributed by atoms with van der Waals surface area (Å²) in [6.07, 6.45) is 0. The van der Waals surface area contributed by atoms with Crippen molar-refractivity contribution in [3.8, 4) is 0 Å². The zero-order chi connectivity index (χ0) is 13.2. The molecule has 0 bridgehead atoms. The Morgan fingerprint density at radius 1 is 1.29 bits per heavy atom. The van der Waals surface area contributed by atoms with Gasteiger partial charge in [-0.25, -0.2) is 17.6 Å². The summed E-state index contributed by atoms with van der Waals surface area (Å²) >= 11 is 0. The Kier molecular flexibility index (Phi) is 4.06. The molecular formula is C10H10F4N2O. The second-order valence-electron chi connectivity index (χ2n) is 3.47. The lowest BCUT2D eigenvalue weighted by Gasteiger charge is -2.12. The molecule has 1 aromatic carbocycles. The normalized spacial score (nSPS) is 12.4. The van der Waals surface area contributed by atoms with Crippen LogP contribution in [-0.4, -0.2) is 12.5 Å². The average Bonchev–Trinajstić information content (AvgIpc) is 2.30. The molecule has 0 aliphatic carbocycles.